The Bertz CT molecular complexity index is 806. The first-order valence-electron chi connectivity index (χ1n) is 9.74. The van der Waals surface area contributed by atoms with Crippen molar-refractivity contribution in [3.63, 3.8) is 0 Å². The van der Waals surface area contributed by atoms with Crippen molar-refractivity contribution in [3.05, 3.63) is 24.1 Å². The summed E-state index contributed by atoms with van der Waals surface area (Å²) in [4.78, 5) is 11.8. The van der Waals surface area contributed by atoms with Gasteiger partial charge in [-0.25, -0.2) is 0 Å². The molecular formula is C18H21F6N3O5. The van der Waals surface area contributed by atoms with Crippen LogP contribution in [0.25, 0.3) is 0 Å². The standard InChI is InChI=1S/C18H21F6N3O5/c1-9(25-14(28)8-29-11-5-12(6-11)32-18(22,23)24)2-3-15-26-27-16(31-15)13-4-10(13)7-30-17(19,20)21/h10-13H,1-8H2,(H,25,28)/t10-,11-,12+,13+/m1/s1. The molecule has 2 saturated carbocycles. The van der Waals surface area contributed by atoms with Gasteiger partial charge < -0.3 is 14.5 Å². The second-order valence-corrected chi connectivity index (χ2v) is 7.63. The summed E-state index contributed by atoms with van der Waals surface area (Å²) in [5, 5.41) is 10.2. The number of hydrogen-bond donors (Lipinski definition) is 1. The number of nitrogens with zero attached hydrogens (tertiary/aromatic N) is 2. The minimum Gasteiger partial charge on any atom is -0.425 e. The predicted molar refractivity (Wildman–Crippen MR) is 92.7 cm³/mol. The first-order chi connectivity index (χ1) is 14.9. The topological polar surface area (TPSA) is 95.7 Å². The van der Waals surface area contributed by atoms with E-state index in [4.69, 9.17) is 9.15 Å². The molecule has 0 spiro atoms. The van der Waals surface area contributed by atoms with Crippen molar-refractivity contribution >= 4 is 5.91 Å². The predicted octanol–water partition coefficient (Wildman–Crippen LogP) is 3.36. The zero-order chi connectivity index (χ0) is 23.5. The van der Waals surface area contributed by atoms with Crippen molar-refractivity contribution in [1.29, 1.82) is 0 Å². The number of carbonyl (C=O) groups excluding carboxylic acids is 1. The number of ether oxygens (including phenoxy) is 3. The SMILES string of the molecule is C=C(CCc1nnc([C@H]2C[C@@H]2COC(F)(F)F)o1)NC(=O)CO[C@H]1C[C@@H](OC(F)(F)F)C1. The molecule has 1 aromatic heterocycles. The Labute approximate surface area is 178 Å². The molecule has 32 heavy (non-hydrogen) atoms. The van der Waals surface area contributed by atoms with Crippen molar-refractivity contribution in [3.8, 4) is 0 Å². The van der Waals surface area contributed by atoms with E-state index < -0.39 is 37.4 Å². The highest BCUT2D eigenvalue weighted by molar-refractivity contribution is 5.78. The van der Waals surface area contributed by atoms with Gasteiger partial charge in [0.15, 0.2) is 0 Å². The van der Waals surface area contributed by atoms with E-state index in [-0.39, 0.29) is 55.9 Å². The van der Waals surface area contributed by atoms with Gasteiger partial charge in [-0.05, 0) is 18.8 Å². The number of alkyl halides is 6. The second kappa shape index (κ2) is 9.75. The van der Waals surface area contributed by atoms with Gasteiger partial charge in [-0.1, -0.05) is 6.58 Å². The number of nitrogens with one attached hydrogen (secondary N) is 1. The summed E-state index contributed by atoms with van der Waals surface area (Å²) in [6.07, 6.45) is -9.71. The van der Waals surface area contributed by atoms with E-state index in [1.54, 1.807) is 0 Å². The Morgan fingerprint density at radius 2 is 1.81 bits per heavy atom. The Morgan fingerprint density at radius 3 is 2.47 bits per heavy atom. The lowest BCUT2D eigenvalue weighted by atomic mass is 9.92. The van der Waals surface area contributed by atoms with Crippen LogP contribution in [0.5, 0.6) is 0 Å². The van der Waals surface area contributed by atoms with Crippen LogP contribution in [0.1, 0.15) is 43.4 Å². The summed E-state index contributed by atoms with van der Waals surface area (Å²) in [5.74, 6) is -0.616. The van der Waals surface area contributed by atoms with Crippen molar-refractivity contribution in [2.75, 3.05) is 13.2 Å². The zero-order valence-corrected chi connectivity index (χ0v) is 16.7. The third-order valence-electron chi connectivity index (χ3n) is 4.94. The molecule has 8 nitrogen and oxygen atoms in total. The van der Waals surface area contributed by atoms with Crippen LogP contribution >= 0.6 is 0 Å². The summed E-state index contributed by atoms with van der Waals surface area (Å²) in [7, 11) is 0. The smallest absolute Gasteiger partial charge is 0.425 e. The molecule has 3 rings (SSSR count). The Morgan fingerprint density at radius 1 is 1.09 bits per heavy atom. The second-order valence-electron chi connectivity index (χ2n) is 7.63. The first kappa shape index (κ1) is 24.5. The van der Waals surface area contributed by atoms with Crippen LogP contribution in [0.4, 0.5) is 26.3 Å². The van der Waals surface area contributed by atoms with Crippen molar-refractivity contribution in [2.24, 2.45) is 5.92 Å². The third kappa shape index (κ3) is 8.06. The molecular weight excluding hydrogens is 452 g/mol. The molecule has 0 unspecified atom stereocenters. The highest BCUT2D eigenvalue weighted by atomic mass is 19.4. The molecule has 1 heterocycles. The van der Waals surface area contributed by atoms with E-state index in [1.165, 1.54) is 0 Å². The average molecular weight is 473 g/mol. The first-order valence-corrected chi connectivity index (χ1v) is 9.74. The minimum atomic E-state index is -4.69. The van der Waals surface area contributed by atoms with E-state index in [1.807, 2.05) is 0 Å². The van der Waals surface area contributed by atoms with E-state index >= 15 is 0 Å². The molecule has 14 heteroatoms. The van der Waals surface area contributed by atoms with Gasteiger partial charge >= 0.3 is 12.7 Å². The number of rotatable bonds is 11. The lowest BCUT2D eigenvalue weighted by Gasteiger charge is -2.34. The van der Waals surface area contributed by atoms with Gasteiger partial charge in [-0.15, -0.1) is 36.5 Å². The quantitative estimate of drug-likeness (QED) is 0.493. The van der Waals surface area contributed by atoms with Crippen LogP contribution in [-0.2, 0) is 25.4 Å². The lowest BCUT2D eigenvalue weighted by molar-refractivity contribution is -0.357. The number of hydrogen-bond acceptors (Lipinski definition) is 7. The maximum absolute atomic E-state index is 12.1. The lowest BCUT2D eigenvalue weighted by Crippen LogP contribution is -2.42. The Balaban J connectivity index is 1.28. The molecule has 0 aromatic carbocycles. The average Bonchev–Trinajstić information content (AvgIpc) is 3.26. The monoisotopic (exact) mass is 473 g/mol. The van der Waals surface area contributed by atoms with Gasteiger partial charge in [0.1, 0.15) is 6.61 Å². The van der Waals surface area contributed by atoms with Crippen LogP contribution < -0.4 is 5.32 Å². The number of aryl methyl sites for hydroxylation is 1. The van der Waals surface area contributed by atoms with Gasteiger partial charge in [0.05, 0.1) is 18.8 Å². The van der Waals surface area contributed by atoms with Crippen LogP contribution in [-0.4, -0.2) is 54.3 Å². The molecule has 180 valence electrons. The molecule has 1 N–H and O–H groups in total. The molecule has 1 amide bonds. The fourth-order valence-electron chi connectivity index (χ4n) is 3.14. The summed E-state index contributed by atoms with van der Waals surface area (Å²) in [6.45, 7) is 2.89. The normalized spacial score (nSPS) is 25.3. The van der Waals surface area contributed by atoms with Crippen molar-refractivity contribution in [2.45, 2.75) is 63.0 Å². The van der Waals surface area contributed by atoms with Crippen LogP contribution in [0.3, 0.4) is 0 Å². The van der Waals surface area contributed by atoms with Crippen LogP contribution in [0.2, 0.25) is 0 Å². The van der Waals surface area contributed by atoms with E-state index in [2.05, 4.69) is 31.6 Å². The number of halogens is 6. The fourth-order valence-corrected chi connectivity index (χ4v) is 3.14. The number of aromatic nitrogens is 2. The van der Waals surface area contributed by atoms with Crippen molar-refractivity contribution in [1.82, 2.24) is 15.5 Å². The van der Waals surface area contributed by atoms with Crippen LogP contribution in [0.15, 0.2) is 16.7 Å². The fraction of sp³-hybridized carbons (Fsp3) is 0.722. The molecule has 1 aromatic rings. The van der Waals surface area contributed by atoms with E-state index in [9.17, 15) is 31.1 Å². The molecule has 0 aliphatic heterocycles. The zero-order valence-electron chi connectivity index (χ0n) is 16.7. The van der Waals surface area contributed by atoms with Gasteiger partial charge in [0.2, 0.25) is 17.7 Å². The number of amides is 1. The van der Waals surface area contributed by atoms with Gasteiger partial charge in [0.25, 0.3) is 0 Å². The van der Waals surface area contributed by atoms with Gasteiger partial charge in [-0.3, -0.25) is 14.3 Å². The molecule has 2 atom stereocenters. The molecule has 0 saturated heterocycles. The molecule has 0 radical (unpaired) electrons. The van der Waals surface area contributed by atoms with Crippen molar-refractivity contribution < 1.29 is 49.8 Å². The van der Waals surface area contributed by atoms with Gasteiger partial charge in [0, 0.05) is 30.9 Å². The van der Waals surface area contributed by atoms with Crippen LogP contribution in [0, 0.1) is 5.92 Å². The third-order valence-corrected chi connectivity index (χ3v) is 4.94. The minimum absolute atomic E-state index is 0.0530. The van der Waals surface area contributed by atoms with E-state index in [0.717, 1.165) is 0 Å². The summed E-state index contributed by atoms with van der Waals surface area (Å²) in [6, 6.07) is 0. The van der Waals surface area contributed by atoms with E-state index in [0.29, 0.717) is 12.1 Å². The summed E-state index contributed by atoms with van der Waals surface area (Å²) < 4.78 is 90.6. The number of carbonyl (C=O) groups is 1. The van der Waals surface area contributed by atoms with Gasteiger partial charge in [-0.2, -0.15) is 0 Å². The largest absolute Gasteiger partial charge is 0.522 e. The maximum Gasteiger partial charge on any atom is 0.522 e. The summed E-state index contributed by atoms with van der Waals surface area (Å²) in [5.41, 5.74) is 0.341. The highest BCUT2D eigenvalue weighted by Gasteiger charge is 2.45. The Kier molecular flexibility index (Phi) is 7.45. The highest BCUT2D eigenvalue weighted by Crippen LogP contribution is 2.47. The molecule has 2 aliphatic carbocycles. The maximum atomic E-state index is 12.1. The Hall–Kier alpha value is -2.19. The number of allylic oxidation sites excluding steroid dienone is 1. The molecule has 2 fully saturated rings. The molecule has 2 aliphatic rings. The molecule has 0 bridgehead atoms. The summed E-state index contributed by atoms with van der Waals surface area (Å²) >= 11 is 0.